The van der Waals surface area contributed by atoms with Crippen LogP contribution in [0.3, 0.4) is 0 Å². The summed E-state index contributed by atoms with van der Waals surface area (Å²) in [6, 6.07) is 3.78. The van der Waals surface area contributed by atoms with Gasteiger partial charge in [-0.3, -0.25) is 0 Å². The third-order valence-corrected chi connectivity index (χ3v) is 4.25. The lowest BCUT2D eigenvalue weighted by Crippen LogP contribution is -2.45. The highest BCUT2D eigenvalue weighted by Crippen LogP contribution is 2.30. The summed E-state index contributed by atoms with van der Waals surface area (Å²) in [6.07, 6.45) is 1.75. The van der Waals surface area contributed by atoms with Crippen LogP contribution in [0.15, 0.2) is 27.8 Å². The van der Waals surface area contributed by atoms with E-state index in [4.69, 9.17) is 5.73 Å². The van der Waals surface area contributed by atoms with Crippen LogP contribution in [0.4, 0.5) is 0 Å². The largest absolute Gasteiger partial charge is 0.395 e. The summed E-state index contributed by atoms with van der Waals surface area (Å²) in [5.41, 5.74) is 6.13. The molecule has 0 aliphatic rings. The molecule has 0 aliphatic heterocycles. The first kappa shape index (κ1) is 15.0. The summed E-state index contributed by atoms with van der Waals surface area (Å²) in [4.78, 5) is 4.28. The van der Waals surface area contributed by atoms with E-state index in [1.165, 1.54) is 11.8 Å². The molecular weight excluding hydrogens is 300 g/mol. The van der Waals surface area contributed by atoms with Gasteiger partial charge in [-0.05, 0) is 33.5 Å². The molecule has 0 saturated carbocycles. The molecular formula is C12H19BrN2OS. The van der Waals surface area contributed by atoms with Gasteiger partial charge < -0.3 is 10.8 Å². The van der Waals surface area contributed by atoms with Crippen LogP contribution in [0.25, 0.3) is 0 Å². The Bertz CT molecular complexity index is 351. The van der Waals surface area contributed by atoms with Gasteiger partial charge in [-0.15, -0.1) is 0 Å². The second kappa shape index (κ2) is 6.18. The number of aliphatic hydroxyl groups excluding tert-OH is 1. The van der Waals surface area contributed by atoms with Crippen molar-refractivity contribution in [2.75, 3.05) is 6.61 Å². The van der Waals surface area contributed by atoms with Crippen molar-refractivity contribution in [1.82, 2.24) is 4.98 Å². The second-order valence-electron chi connectivity index (χ2n) is 5.05. The quantitative estimate of drug-likeness (QED) is 0.838. The highest BCUT2D eigenvalue weighted by Gasteiger charge is 2.29. The van der Waals surface area contributed by atoms with Crippen LogP contribution in [0.1, 0.15) is 20.8 Å². The van der Waals surface area contributed by atoms with Gasteiger partial charge in [0.05, 0.1) is 11.6 Å². The second-order valence-corrected chi connectivity index (χ2v) is 7.22. The van der Waals surface area contributed by atoms with Crippen molar-refractivity contribution in [3.05, 3.63) is 22.8 Å². The van der Waals surface area contributed by atoms with E-state index < -0.39 is 0 Å². The first-order valence-corrected chi connectivity index (χ1v) is 7.16. The lowest BCUT2D eigenvalue weighted by atomic mass is 9.85. The van der Waals surface area contributed by atoms with Crippen molar-refractivity contribution in [3.8, 4) is 0 Å². The molecule has 3 nitrogen and oxygen atoms in total. The highest BCUT2D eigenvalue weighted by molar-refractivity contribution is 9.10. The van der Waals surface area contributed by atoms with Gasteiger partial charge in [-0.25, -0.2) is 4.98 Å². The molecule has 96 valence electrons. The van der Waals surface area contributed by atoms with E-state index >= 15 is 0 Å². The smallest absolute Gasteiger partial charge is 0.0964 e. The topological polar surface area (TPSA) is 59.1 Å². The predicted octanol–water partition coefficient (Wildman–Crippen LogP) is 2.67. The molecule has 2 atom stereocenters. The Morgan fingerprint density at radius 3 is 2.53 bits per heavy atom. The van der Waals surface area contributed by atoms with Gasteiger partial charge in [-0.2, -0.15) is 0 Å². The zero-order chi connectivity index (χ0) is 13.1. The molecule has 0 fully saturated rings. The number of hydrogen-bond acceptors (Lipinski definition) is 4. The van der Waals surface area contributed by atoms with E-state index in [0.29, 0.717) is 0 Å². The van der Waals surface area contributed by atoms with Gasteiger partial charge in [0.25, 0.3) is 0 Å². The Hall–Kier alpha value is -0.100. The van der Waals surface area contributed by atoms with E-state index in [0.717, 1.165) is 9.50 Å². The van der Waals surface area contributed by atoms with Crippen LogP contribution in [-0.2, 0) is 0 Å². The molecule has 1 rings (SSSR count). The molecule has 17 heavy (non-hydrogen) atoms. The maximum Gasteiger partial charge on any atom is 0.0964 e. The van der Waals surface area contributed by atoms with Crippen molar-refractivity contribution in [3.63, 3.8) is 0 Å². The first-order chi connectivity index (χ1) is 7.84. The Morgan fingerprint density at radius 2 is 2.12 bits per heavy atom. The number of hydrogen-bond donors (Lipinski definition) is 2. The molecule has 2 unspecified atom stereocenters. The molecule has 1 aromatic heterocycles. The number of rotatable bonds is 4. The number of pyridine rings is 1. The zero-order valence-electron chi connectivity index (χ0n) is 10.4. The summed E-state index contributed by atoms with van der Waals surface area (Å²) in [6.45, 7) is 6.29. The minimum atomic E-state index is -0.0806. The summed E-state index contributed by atoms with van der Waals surface area (Å²) < 4.78 is 0.947. The number of nitrogens with zero attached hydrogens (tertiary/aromatic N) is 1. The van der Waals surface area contributed by atoms with Crippen molar-refractivity contribution in [2.45, 2.75) is 37.1 Å². The number of thioether (sulfide) groups is 1. The van der Waals surface area contributed by atoms with Crippen molar-refractivity contribution < 1.29 is 5.11 Å². The van der Waals surface area contributed by atoms with Crippen LogP contribution < -0.4 is 5.73 Å². The maximum absolute atomic E-state index is 9.44. The predicted molar refractivity (Wildman–Crippen MR) is 76.1 cm³/mol. The Morgan fingerprint density at radius 1 is 1.47 bits per heavy atom. The lowest BCUT2D eigenvalue weighted by molar-refractivity contribution is 0.233. The Labute approximate surface area is 115 Å². The summed E-state index contributed by atoms with van der Waals surface area (Å²) in [7, 11) is 0. The normalized spacial score (nSPS) is 15.6. The number of aliphatic hydroxyl groups is 1. The van der Waals surface area contributed by atoms with Gasteiger partial charge in [0.15, 0.2) is 0 Å². The van der Waals surface area contributed by atoms with Gasteiger partial charge >= 0.3 is 0 Å². The molecule has 0 aliphatic carbocycles. The average molecular weight is 319 g/mol. The van der Waals surface area contributed by atoms with Gasteiger partial charge in [0.2, 0.25) is 0 Å². The van der Waals surface area contributed by atoms with Crippen LogP contribution in [-0.4, -0.2) is 28.0 Å². The van der Waals surface area contributed by atoms with Crippen LogP contribution >= 0.6 is 27.7 Å². The standard InChI is InChI=1S/C12H19BrN2OS/c1-12(2,3)11(14)9(7-16)17-10-5-4-8(13)6-15-10/h4-6,9,11,16H,7,14H2,1-3H3. The monoisotopic (exact) mass is 318 g/mol. The molecule has 1 aromatic rings. The van der Waals surface area contributed by atoms with E-state index in [9.17, 15) is 5.11 Å². The summed E-state index contributed by atoms with van der Waals surface area (Å²) in [5, 5.41) is 10.3. The Balaban J connectivity index is 2.73. The van der Waals surface area contributed by atoms with Crippen LogP contribution in [0.2, 0.25) is 0 Å². The molecule has 0 aromatic carbocycles. The molecule has 0 saturated heterocycles. The van der Waals surface area contributed by atoms with Gasteiger partial charge in [-0.1, -0.05) is 32.5 Å². The third-order valence-electron chi connectivity index (χ3n) is 2.55. The fourth-order valence-corrected chi connectivity index (χ4v) is 2.80. The van der Waals surface area contributed by atoms with Crippen molar-refractivity contribution in [2.24, 2.45) is 11.1 Å². The molecule has 0 radical (unpaired) electrons. The molecule has 5 heteroatoms. The fourth-order valence-electron chi connectivity index (χ4n) is 1.37. The van der Waals surface area contributed by atoms with Crippen LogP contribution in [0.5, 0.6) is 0 Å². The SMILES string of the molecule is CC(C)(C)C(N)C(CO)Sc1ccc(Br)cn1. The number of aromatic nitrogens is 1. The van der Waals surface area contributed by atoms with Crippen molar-refractivity contribution >= 4 is 27.7 Å². The maximum atomic E-state index is 9.44. The highest BCUT2D eigenvalue weighted by atomic mass is 79.9. The number of nitrogens with two attached hydrogens (primary N) is 1. The molecule has 3 N–H and O–H groups in total. The molecule has 1 heterocycles. The summed E-state index contributed by atoms with van der Waals surface area (Å²) in [5.74, 6) is 0. The minimum absolute atomic E-state index is 0.0320. The summed E-state index contributed by atoms with van der Waals surface area (Å²) >= 11 is 4.87. The van der Waals surface area contributed by atoms with Crippen molar-refractivity contribution in [1.29, 1.82) is 0 Å². The van der Waals surface area contributed by atoms with E-state index in [-0.39, 0.29) is 23.3 Å². The minimum Gasteiger partial charge on any atom is -0.395 e. The average Bonchev–Trinajstić information content (AvgIpc) is 2.26. The number of halogens is 1. The molecule has 0 spiro atoms. The zero-order valence-corrected chi connectivity index (χ0v) is 12.8. The van der Waals surface area contributed by atoms with Crippen LogP contribution in [0, 0.1) is 5.41 Å². The van der Waals surface area contributed by atoms with Gasteiger partial charge in [0, 0.05) is 22.0 Å². The van der Waals surface area contributed by atoms with Gasteiger partial charge in [0.1, 0.15) is 0 Å². The van der Waals surface area contributed by atoms with E-state index in [1.807, 2.05) is 12.1 Å². The lowest BCUT2D eigenvalue weighted by Gasteiger charge is -2.32. The van der Waals surface area contributed by atoms with E-state index in [2.05, 4.69) is 41.7 Å². The molecule has 0 bridgehead atoms. The third kappa shape index (κ3) is 4.58. The van der Waals surface area contributed by atoms with E-state index in [1.54, 1.807) is 6.20 Å². The Kier molecular flexibility index (Phi) is 5.44. The molecule has 0 amide bonds. The fraction of sp³-hybridized carbons (Fsp3) is 0.583. The first-order valence-electron chi connectivity index (χ1n) is 5.49.